The number of guanidine groups is 1. The molecule has 3 N–H and O–H groups in total. The van der Waals surface area contributed by atoms with Gasteiger partial charge in [-0.05, 0) is 25.0 Å². The van der Waals surface area contributed by atoms with Crippen molar-refractivity contribution in [3.05, 3.63) is 24.5 Å². The number of pyridine rings is 1. The van der Waals surface area contributed by atoms with Crippen LogP contribution in [0.4, 0.5) is 5.69 Å². The maximum atomic E-state index is 11.7. The lowest BCUT2D eigenvalue weighted by molar-refractivity contribution is -0.114. The molecule has 2 rings (SSSR count). The number of rotatable bonds is 3. The van der Waals surface area contributed by atoms with Gasteiger partial charge in [0.25, 0.3) is 0 Å². The number of anilines is 1. The topological polar surface area (TPSA) is 83.6 Å². The summed E-state index contributed by atoms with van der Waals surface area (Å²) in [4.78, 5) is 21.9. The van der Waals surface area contributed by atoms with Crippen LogP contribution in [0.2, 0.25) is 0 Å². The maximum Gasteiger partial charge on any atom is 0.246 e. The molecule has 1 aliphatic heterocycles. The molecular formula is C14H21N5O. The monoisotopic (exact) mass is 275 g/mol. The Morgan fingerprint density at radius 2 is 2.10 bits per heavy atom. The van der Waals surface area contributed by atoms with Gasteiger partial charge in [-0.1, -0.05) is 12.8 Å². The Balaban J connectivity index is 1.83. The van der Waals surface area contributed by atoms with Crippen molar-refractivity contribution in [1.29, 1.82) is 0 Å². The minimum atomic E-state index is -0.184. The third-order valence-electron chi connectivity index (χ3n) is 3.26. The molecule has 0 atom stereocenters. The highest BCUT2D eigenvalue weighted by molar-refractivity contribution is 5.93. The van der Waals surface area contributed by atoms with Crippen molar-refractivity contribution >= 4 is 17.6 Å². The van der Waals surface area contributed by atoms with E-state index in [0.29, 0.717) is 11.6 Å². The minimum absolute atomic E-state index is 0.0389. The Hall–Kier alpha value is -2.11. The van der Waals surface area contributed by atoms with Crippen LogP contribution in [-0.2, 0) is 4.79 Å². The Morgan fingerprint density at radius 1 is 1.35 bits per heavy atom. The molecule has 0 aliphatic carbocycles. The Morgan fingerprint density at radius 3 is 2.75 bits per heavy atom. The van der Waals surface area contributed by atoms with Crippen LogP contribution >= 0.6 is 0 Å². The molecule has 2 heterocycles. The summed E-state index contributed by atoms with van der Waals surface area (Å²) in [6.07, 6.45) is 8.01. The Kier molecular flexibility index (Phi) is 5.34. The number of carbonyl (C=O) groups is 1. The lowest BCUT2D eigenvalue weighted by atomic mass is 10.2. The van der Waals surface area contributed by atoms with Crippen molar-refractivity contribution in [1.82, 2.24) is 9.88 Å². The van der Waals surface area contributed by atoms with Crippen molar-refractivity contribution < 1.29 is 4.79 Å². The number of nitrogens with one attached hydrogen (secondary N) is 1. The van der Waals surface area contributed by atoms with Crippen LogP contribution in [0.25, 0.3) is 0 Å². The van der Waals surface area contributed by atoms with E-state index >= 15 is 0 Å². The summed E-state index contributed by atoms with van der Waals surface area (Å²) in [6, 6.07) is 3.55. The molecule has 0 aromatic carbocycles. The molecule has 0 unspecified atom stereocenters. The van der Waals surface area contributed by atoms with E-state index in [2.05, 4.69) is 20.2 Å². The summed E-state index contributed by atoms with van der Waals surface area (Å²) in [5.74, 6) is 0.281. The molecule has 6 nitrogen and oxygen atoms in total. The van der Waals surface area contributed by atoms with Crippen LogP contribution in [0, 0.1) is 0 Å². The smallest absolute Gasteiger partial charge is 0.246 e. The highest BCUT2D eigenvalue weighted by Crippen LogP contribution is 2.09. The predicted octanol–water partition coefficient (Wildman–Crippen LogP) is 1.21. The molecule has 6 heteroatoms. The van der Waals surface area contributed by atoms with Crippen molar-refractivity contribution in [2.24, 2.45) is 10.7 Å². The average molecular weight is 275 g/mol. The zero-order chi connectivity index (χ0) is 14.2. The number of amides is 1. The summed E-state index contributed by atoms with van der Waals surface area (Å²) in [5, 5.41) is 2.73. The average Bonchev–Trinajstić information content (AvgIpc) is 2.75. The van der Waals surface area contributed by atoms with Crippen LogP contribution in [0.15, 0.2) is 29.5 Å². The summed E-state index contributed by atoms with van der Waals surface area (Å²) >= 11 is 0. The van der Waals surface area contributed by atoms with E-state index in [9.17, 15) is 4.79 Å². The number of nitrogens with zero attached hydrogens (tertiary/aromatic N) is 3. The predicted molar refractivity (Wildman–Crippen MR) is 79.4 cm³/mol. The van der Waals surface area contributed by atoms with E-state index in [4.69, 9.17) is 5.73 Å². The number of aliphatic imine (C=N–C) groups is 1. The molecular weight excluding hydrogens is 254 g/mol. The maximum absolute atomic E-state index is 11.7. The summed E-state index contributed by atoms with van der Waals surface area (Å²) in [5.41, 5.74) is 6.61. The van der Waals surface area contributed by atoms with Gasteiger partial charge in [0.1, 0.15) is 6.54 Å². The van der Waals surface area contributed by atoms with E-state index in [0.717, 1.165) is 25.9 Å². The minimum Gasteiger partial charge on any atom is -0.370 e. The van der Waals surface area contributed by atoms with Gasteiger partial charge in [0.05, 0.1) is 11.9 Å². The molecule has 1 aliphatic rings. The fraction of sp³-hybridized carbons (Fsp3) is 0.500. The first kappa shape index (κ1) is 14.3. The normalized spacial score (nSPS) is 16.6. The summed E-state index contributed by atoms with van der Waals surface area (Å²) in [7, 11) is 0. The highest BCUT2D eigenvalue weighted by Gasteiger charge is 2.11. The van der Waals surface area contributed by atoms with Crippen LogP contribution in [-0.4, -0.2) is 41.4 Å². The second-order valence-electron chi connectivity index (χ2n) is 4.87. The van der Waals surface area contributed by atoms with Crippen LogP contribution in [0.1, 0.15) is 25.7 Å². The van der Waals surface area contributed by atoms with Gasteiger partial charge in [-0.2, -0.15) is 0 Å². The molecule has 0 radical (unpaired) electrons. The van der Waals surface area contributed by atoms with E-state index < -0.39 is 0 Å². The van der Waals surface area contributed by atoms with Crippen LogP contribution < -0.4 is 11.1 Å². The van der Waals surface area contributed by atoms with Gasteiger partial charge >= 0.3 is 0 Å². The van der Waals surface area contributed by atoms with Gasteiger partial charge in [0.2, 0.25) is 5.91 Å². The van der Waals surface area contributed by atoms with E-state index in [1.54, 1.807) is 24.5 Å². The molecule has 1 aromatic heterocycles. The van der Waals surface area contributed by atoms with Gasteiger partial charge in [0, 0.05) is 19.3 Å². The first-order valence-electron chi connectivity index (χ1n) is 7.00. The number of aromatic nitrogens is 1. The zero-order valence-electron chi connectivity index (χ0n) is 11.6. The number of nitrogens with two attached hydrogens (primary N) is 1. The number of carbonyl (C=O) groups excluding carboxylic acids is 1. The Bertz CT molecular complexity index is 452. The zero-order valence-corrected chi connectivity index (χ0v) is 11.6. The van der Waals surface area contributed by atoms with Gasteiger partial charge < -0.3 is 16.0 Å². The second-order valence-corrected chi connectivity index (χ2v) is 4.87. The van der Waals surface area contributed by atoms with Crippen molar-refractivity contribution in [2.45, 2.75) is 25.7 Å². The van der Waals surface area contributed by atoms with E-state index in [-0.39, 0.29) is 12.5 Å². The summed E-state index contributed by atoms with van der Waals surface area (Å²) in [6.45, 7) is 1.90. The lowest BCUT2D eigenvalue weighted by Crippen LogP contribution is -2.38. The molecule has 0 saturated carbocycles. The molecule has 1 aromatic rings. The quantitative estimate of drug-likeness (QED) is 0.641. The van der Waals surface area contributed by atoms with Crippen molar-refractivity contribution in [3.63, 3.8) is 0 Å². The lowest BCUT2D eigenvalue weighted by Gasteiger charge is -2.20. The molecule has 1 amide bonds. The van der Waals surface area contributed by atoms with Gasteiger partial charge in [0.15, 0.2) is 5.96 Å². The molecule has 0 spiro atoms. The van der Waals surface area contributed by atoms with E-state index in [1.807, 2.05) is 0 Å². The standard InChI is InChI=1S/C14H21N5O/c15-14(19-8-3-1-2-4-9-19)17-11-13(20)18-12-6-5-7-16-10-12/h5-7,10H,1-4,8-9,11H2,(H2,15,17)(H,18,20). The highest BCUT2D eigenvalue weighted by atomic mass is 16.1. The van der Waals surface area contributed by atoms with Crippen LogP contribution in [0.5, 0.6) is 0 Å². The first-order chi connectivity index (χ1) is 9.75. The third kappa shape index (κ3) is 4.53. The third-order valence-corrected chi connectivity index (χ3v) is 3.26. The fourth-order valence-electron chi connectivity index (χ4n) is 2.19. The fourth-order valence-corrected chi connectivity index (χ4v) is 2.19. The molecule has 0 bridgehead atoms. The number of hydrogen-bond donors (Lipinski definition) is 2. The van der Waals surface area contributed by atoms with Crippen molar-refractivity contribution in [2.75, 3.05) is 25.0 Å². The van der Waals surface area contributed by atoms with E-state index in [1.165, 1.54) is 12.8 Å². The van der Waals surface area contributed by atoms with Crippen molar-refractivity contribution in [3.8, 4) is 0 Å². The molecule has 1 fully saturated rings. The Labute approximate surface area is 119 Å². The van der Waals surface area contributed by atoms with Gasteiger partial charge in [-0.15, -0.1) is 0 Å². The largest absolute Gasteiger partial charge is 0.370 e. The summed E-state index contributed by atoms with van der Waals surface area (Å²) < 4.78 is 0. The molecule has 108 valence electrons. The van der Waals surface area contributed by atoms with Gasteiger partial charge in [-0.25, -0.2) is 4.99 Å². The second kappa shape index (κ2) is 7.47. The molecule has 1 saturated heterocycles. The molecule has 20 heavy (non-hydrogen) atoms. The SMILES string of the molecule is NC(=NCC(=O)Nc1cccnc1)N1CCCCCC1. The first-order valence-corrected chi connectivity index (χ1v) is 7.00. The van der Waals surface area contributed by atoms with Crippen LogP contribution in [0.3, 0.4) is 0 Å². The number of hydrogen-bond acceptors (Lipinski definition) is 3. The van der Waals surface area contributed by atoms with Gasteiger partial charge in [-0.3, -0.25) is 9.78 Å². The number of likely N-dealkylation sites (tertiary alicyclic amines) is 1.